The fourth-order valence-corrected chi connectivity index (χ4v) is 2.47. The summed E-state index contributed by atoms with van der Waals surface area (Å²) in [6.07, 6.45) is 2.88. The number of nitrogens with one attached hydrogen (secondary N) is 1. The fourth-order valence-electron chi connectivity index (χ4n) is 1.24. The first kappa shape index (κ1) is 12.4. The minimum Gasteiger partial charge on any atom is -0.380 e. The van der Waals surface area contributed by atoms with Crippen molar-refractivity contribution in [1.29, 1.82) is 0 Å². The maximum absolute atomic E-state index is 11.0. The van der Waals surface area contributed by atoms with Gasteiger partial charge < -0.3 is 5.32 Å². The highest BCUT2D eigenvalue weighted by Gasteiger charge is 2.09. The van der Waals surface area contributed by atoms with E-state index in [9.17, 15) is 8.42 Å². The average molecular weight is 293 g/mol. The third kappa shape index (κ3) is 5.13. The number of hydrogen-bond acceptors (Lipinski definition) is 4. The zero-order chi connectivity index (χ0) is 11.5. The molecule has 0 aromatic carbocycles. The van der Waals surface area contributed by atoms with Crippen LogP contribution in [0.1, 0.15) is 6.92 Å². The molecule has 1 aromatic rings. The van der Waals surface area contributed by atoms with Gasteiger partial charge in [0.05, 0.1) is 17.6 Å². The fraction of sp³-hybridized carbons (Fsp3) is 0.444. The molecule has 1 heterocycles. The Morgan fingerprint density at radius 2 is 2.20 bits per heavy atom. The van der Waals surface area contributed by atoms with Crippen molar-refractivity contribution in [2.75, 3.05) is 17.3 Å². The molecular formula is C9H13BrN2O2S. The van der Waals surface area contributed by atoms with Gasteiger partial charge in [-0.15, -0.1) is 0 Å². The molecule has 1 atom stereocenters. The largest absolute Gasteiger partial charge is 0.380 e. The molecule has 0 aliphatic carbocycles. The summed E-state index contributed by atoms with van der Waals surface area (Å²) in [5.41, 5.74) is 0.814. The van der Waals surface area contributed by atoms with Crippen LogP contribution in [-0.4, -0.2) is 31.5 Å². The summed E-state index contributed by atoms with van der Waals surface area (Å²) >= 11 is 3.23. The molecule has 0 fully saturated rings. The zero-order valence-corrected chi connectivity index (χ0v) is 11.0. The second-order valence-corrected chi connectivity index (χ2v) is 6.50. The SMILES string of the molecule is CC(CS(C)(=O)=O)Nc1ccc(Br)nc1. The third-order valence-corrected chi connectivity index (χ3v) is 3.27. The second kappa shape index (κ2) is 4.94. The number of pyridine rings is 1. The average Bonchev–Trinajstić information content (AvgIpc) is 2.05. The van der Waals surface area contributed by atoms with Crippen LogP contribution in [0.15, 0.2) is 22.9 Å². The molecule has 0 radical (unpaired) electrons. The molecule has 0 spiro atoms. The van der Waals surface area contributed by atoms with E-state index in [1.165, 1.54) is 6.26 Å². The maximum atomic E-state index is 11.0. The minimum absolute atomic E-state index is 0.114. The lowest BCUT2D eigenvalue weighted by Gasteiger charge is -2.13. The zero-order valence-electron chi connectivity index (χ0n) is 8.57. The molecule has 0 aliphatic heterocycles. The van der Waals surface area contributed by atoms with Crippen LogP contribution in [0.4, 0.5) is 5.69 Å². The summed E-state index contributed by atoms with van der Waals surface area (Å²) in [6, 6.07) is 3.52. The van der Waals surface area contributed by atoms with Gasteiger partial charge in [0.1, 0.15) is 14.4 Å². The van der Waals surface area contributed by atoms with Crippen LogP contribution in [0, 0.1) is 0 Å². The molecule has 84 valence electrons. The van der Waals surface area contributed by atoms with Crippen LogP contribution in [0.5, 0.6) is 0 Å². The van der Waals surface area contributed by atoms with Crippen molar-refractivity contribution in [1.82, 2.24) is 4.98 Å². The molecule has 0 amide bonds. The molecule has 0 saturated heterocycles. The first-order chi connectivity index (χ1) is 6.87. The number of nitrogens with zero attached hydrogens (tertiary/aromatic N) is 1. The molecular weight excluding hydrogens is 280 g/mol. The van der Waals surface area contributed by atoms with Gasteiger partial charge in [-0.1, -0.05) is 0 Å². The molecule has 4 nitrogen and oxygen atoms in total. The van der Waals surface area contributed by atoms with Crippen molar-refractivity contribution in [2.24, 2.45) is 0 Å². The van der Waals surface area contributed by atoms with E-state index in [4.69, 9.17) is 0 Å². The molecule has 1 aromatic heterocycles. The van der Waals surface area contributed by atoms with E-state index in [0.717, 1.165) is 10.3 Å². The van der Waals surface area contributed by atoms with E-state index in [1.54, 1.807) is 12.3 Å². The van der Waals surface area contributed by atoms with Crippen molar-refractivity contribution < 1.29 is 8.42 Å². The van der Waals surface area contributed by atoms with Crippen LogP contribution >= 0.6 is 15.9 Å². The Bertz CT molecular complexity index is 416. The molecule has 0 aliphatic rings. The summed E-state index contributed by atoms with van der Waals surface area (Å²) < 4.78 is 22.8. The number of sulfone groups is 1. The summed E-state index contributed by atoms with van der Waals surface area (Å²) in [6.45, 7) is 1.82. The van der Waals surface area contributed by atoms with Gasteiger partial charge in [0.25, 0.3) is 0 Å². The van der Waals surface area contributed by atoms with E-state index >= 15 is 0 Å². The van der Waals surface area contributed by atoms with Gasteiger partial charge in [-0.25, -0.2) is 13.4 Å². The van der Waals surface area contributed by atoms with Gasteiger partial charge in [0.15, 0.2) is 0 Å². The van der Waals surface area contributed by atoms with Crippen molar-refractivity contribution >= 4 is 31.5 Å². The summed E-state index contributed by atoms with van der Waals surface area (Å²) in [5, 5.41) is 3.06. The maximum Gasteiger partial charge on any atom is 0.149 e. The first-order valence-electron chi connectivity index (χ1n) is 4.42. The van der Waals surface area contributed by atoms with E-state index < -0.39 is 9.84 Å². The molecule has 1 N–H and O–H groups in total. The normalized spacial score (nSPS) is 13.5. The van der Waals surface area contributed by atoms with Crippen LogP contribution < -0.4 is 5.32 Å². The molecule has 0 saturated carbocycles. The van der Waals surface area contributed by atoms with Gasteiger partial charge in [-0.2, -0.15) is 0 Å². The minimum atomic E-state index is -2.94. The first-order valence-corrected chi connectivity index (χ1v) is 7.28. The Morgan fingerprint density at radius 3 is 2.67 bits per heavy atom. The highest BCUT2D eigenvalue weighted by molar-refractivity contribution is 9.10. The van der Waals surface area contributed by atoms with Gasteiger partial charge in [0.2, 0.25) is 0 Å². The number of rotatable bonds is 4. The van der Waals surface area contributed by atoms with Gasteiger partial charge >= 0.3 is 0 Å². The van der Waals surface area contributed by atoms with Crippen molar-refractivity contribution in [3.63, 3.8) is 0 Å². The monoisotopic (exact) mass is 292 g/mol. The van der Waals surface area contributed by atoms with Crippen LogP contribution in [0.2, 0.25) is 0 Å². The second-order valence-electron chi connectivity index (χ2n) is 3.51. The highest BCUT2D eigenvalue weighted by atomic mass is 79.9. The lowest BCUT2D eigenvalue weighted by atomic mass is 10.3. The summed E-state index contributed by atoms with van der Waals surface area (Å²) in [4.78, 5) is 4.03. The number of aromatic nitrogens is 1. The third-order valence-electron chi connectivity index (χ3n) is 1.69. The van der Waals surface area contributed by atoms with Crippen LogP contribution in [0.3, 0.4) is 0 Å². The lowest BCUT2D eigenvalue weighted by molar-refractivity contribution is 0.598. The van der Waals surface area contributed by atoms with E-state index in [-0.39, 0.29) is 11.8 Å². The van der Waals surface area contributed by atoms with Gasteiger partial charge in [-0.05, 0) is 35.0 Å². The van der Waals surface area contributed by atoms with Gasteiger partial charge in [0, 0.05) is 12.3 Å². The smallest absolute Gasteiger partial charge is 0.149 e. The Morgan fingerprint density at radius 1 is 1.53 bits per heavy atom. The Balaban J connectivity index is 2.59. The van der Waals surface area contributed by atoms with E-state index in [2.05, 4.69) is 26.2 Å². The Labute approximate surface area is 98.2 Å². The lowest BCUT2D eigenvalue weighted by Crippen LogP contribution is -2.24. The Hall–Kier alpha value is -0.620. The highest BCUT2D eigenvalue weighted by Crippen LogP contribution is 2.11. The Kier molecular flexibility index (Phi) is 4.10. The summed E-state index contributed by atoms with van der Waals surface area (Å²) in [7, 11) is -2.94. The predicted octanol–water partition coefficient (Wildman–Crippen LogP) is 1.69. The van der Waals surface area contributed by atoms with Crippen molar-refractivity contribution in [3.05, 3.63) is 22.9 Å². The predicted molar refractivity (Wildman–Crippen MR) is 64.7 cm³/mol. The van der Waals surface area contributed by atoms with E-state index in [1.807, 2.05) is 13.0 Å². The molecule has 0 bridgehead atoms. The topological polar surface area (TPSA) is 59.1 Å². The van der Waals surface area contributed by atoms with Gasteiger partial charge in [-0.3, -0.25) is 0 Å². The molecule has 15 heavy (non-hydrogen) atoms. The quantitative estimate of drug-likeness (QED) is 0.858. The standard InChI is InChI=1S/C9H13BrN2O2S/c1-7(6-15(2,13)14)12-8-3-4-9(10)11-5-8/h3-5,7,12H,6H2,1-2H3. The number of hydrogen-bond donors (Lipinski definition) is 1. The molecule has 1 rings (SSSR count). The van der Waals surface area contributed by atoms with Crippen LogP contribution in [-0.2, 0) is 9.84 Å². The molecule has 1 unspecified atom stereocenters. The summed E-state index contributed by atoms with van der Waals surface area (Å²) in [5.74, 6) is 0.114. The van der Waals surface area contributed by atoms with E-state index in [0.29, 0.717) is 0 Å². The number of anilines is 1. The number of halogens is 1. The van der Waals surface area contributed by atoms with Crippen LogP contribution in [0.25, 0.3) is 0 Å². The molecule has 6 heteroatoms. The van der Waals surface area contributed by atoms with Crippen molar-refractivity contribution in [2.45, 2.75) is 13.0 Å². The van der Waals surface area contributed by atoms with Crippen molar-refractivity contribution in [3.8, 4) is 0 Å².